The molecule has 0 aliphatic carbocycles. The largest absolute Gasteiger partial charge is 0.469 e. The van der Waals surface area contributed by atoms with Crippen LogP contribution in [-0.4, -0.2) is 18.1 Å². The van der Waals surface area contributed by atoms with E-state index in [0.29, 0.717) is 0 Å². The van der Waals surface area contributed by atoms with Crippen molar-refractivity contribution in [1.82, 2.24) is 4.98 Å². The minimum absolute atomic E-state index is 0.101. The smallest absolute Gasteiger partial charge is 0.311 e. The minimum Gasteiger partial charge on any atom is -0.469 e. The van der Waals surface area contributed by atoms with Crippen LogP contribution in [0.2, 0.25) is 0 Å². The zero-order valence-electron chi connectivity index (χ0n) is 12.0. The number of nitrogens with one attached hydrogen (secondary N) is 1. The minimum atomic E-state index is -0.281. The molecule has 0 spiro atoms. The second-order valence-corrected chi connectivity index (χ2v) is 5.49. The number of esters is 1. The molecule has 0 radical (unpaired) electrons. The summed E-state index contributed by atoms with van der Waals surface area (Å²) >= 11 is 1.48. The number of hydrogen-bond donors (Lipinski definition) is 1. The number of aryl methyl sites for hydroxylation is 2. The highest BCUT2D eigenvalue weighted by Crippen LogP contribution is 2.26. The summed E-state index contributed by atoms with van der Waals surface area (Å²) in [4.78, 5) is 15.6. The van der Waals surface area contributed by atoms with E-state index in [1.165, 1.54) is 18.4 Å². The van der Waals surface area contributed by atoms with Crippen molar-refractivity contribution in [3.05, 3.63) is 34.2 Å². The van der Waals surface area contributed by atoms with Gasteiger partial charge in [-0.3, -0.25) is 4.79 Å². The zero-order chi connectivity index (χ0) is 14.7. The zero-order valence-corrected chi connectivity index (χ0v) is 12.8. The monoisotopic (exact) mass is 294 g/mol. The van der Waals surface area contributed by atoms with Crippen molar-refractivity contribution in [2.75, 3.05) is 12.4 Å². The maximum absolute atomic E-state index is 11.2. The standard InChI is InChI=1S/C14H18N2O3S/c1-8-5-12(10(3)19-8)9(2)15-14-16-11(7-20-14)6-13(17)18-4/h5,7,9H,6H2,1-4H3,(H,15,16). The van der Waals surface area contributed by atoms with Gasteiger partial charge in [-0.15, -0.1) is 11.3 Å². The number of furan rings is 1. The molecule has 0 aromatic carbocycles. The van der Waals surface area contributed by atoms with E-state index in [1.807, 2.05) is 25.3 Å². The predicted molar refractivity (Wildman–Crippen MR) is 78.1 cm³/mol. The maximum Gasteiger partial charge on any atom is 0.311 e. The van der Waals surface area contributed by atoms with Crippen LogP contribution in [0.5, 0.6) is 0 Å². The molecule has 0 bridgehead atoms. The van der Waals surface area contributed by atoms with Gasteiger partial charge in [0, 0.05) is 10.9 Å². The number of thiazole rings is 1. The summed E-state index contributed by atoms with van der Waals surface area (Å²) in [6, 6.07) is 2.13. The lowest BCUT2D eigenvalue weighted by Gasteiger charge is -2.11. The number of anilines is 1. The third-order valence-electron chi connectivity index (χ3n) is 2.99. The lowest BCUT2D eigenvalue weighted by Crippen LogP contribution is -2.08. The molecule has 5 nitrogen and oxygen atoms in total. The number of nitrogens with zero attached hydrogens (tertiary/aromatic N) is 1. The van der Waals surface area contributed by atoms with Gasteiger partial charge in [0.2, 0.25) is 0 Å². The summed E-state index contributed by atoms with van der Waals surface area (Å²) in [7, 11) is 1.37. The van der Waals surface area contributed by atoms with Crippen molar-refractivity contribution in [3.63, 3.8) is 0 Å². The van der Waals surface area contributed by atoms with Gasteiger partial charge in [-0.1, -0.05) is 0 Å². The van der Waals surface area contributed by atoms with Crippen LogP contribution < -0.4 is 5.32 Å². The van der Waals surface area contributed by atoms with Crippen molar-refractivity contribution >= 4 is 22.4 Å². The van der Waals surface area contributed by atoms with Crippen LogP contribution >= 0.6 is 11.3 Å². The highest BCUT2D eigenvalue weighted by molar-refractivity contribution is 7.13. The van der Waals surface area contributed by atoms with Crippen molar-refractivity contribution in [2.45, 2.75) is 33.2 Å². The van der Waals surface area contributed by atoms with Crippen molar-refractivity contribution < 1.29 is 13.9 Å². The van der Waals surface area contributed by atoms with E-state index in [2.05, 4.69) is 22.0 Å². The SMILES string of the molecule is COC(=O)Cc1csc(NC(C)c2cc(C)oc2C)n1. The molecular formula is C14H18N2O3S. The average molecular weight is 294 g/mol. The number of ether oxygens (including phenoxy) is 1. The van der Waals surface area contributed by atoms with Gasteiger partial charge in [0.15, 0.2) is 5.13 Å². The summed E-state index contributed by atoms with van der Waals surface area (Å²) in [5.41, 5.74) is 1.84. The first-order chi connectivity index (χ1) is 9.49. The van der Waals surface area contributed by atoms with Crippen LogP contribution in [0.1, 0.15) is 35.7 Å². The van der Waals surface area contributed by atoms with Gasteiger partial charge in [0.05, 0.1) is 25.3 Å². The topological polar surface area (TPSA) is 64.4 Å². The van der Waals surface area contributed by atoms with Crippen LogP contribution in [0.25, 0.3) is 0 Å². The molecule has 0 saturated heterocycles. The summed E-state index contributed by atoms with van der Waals surface area (Å²) < 4.78 is 10.2. The van der Waals surface area contributed by atoms with Crippen LogP contribution in [0.4, 0.5) is 5.13 Å². The summed E-state index contributed by atoms with van der Waals surface area (Å²) in [6.45, 7) is 5.94. The Morgan fingerprint density at radius 2 is 2.30 bits per heavy atom. The Bertz CT molecular complexity index is 603. The number of carbonyl (C=O) groups is 1. The van der Waals surface area contributed by atoms with Crippen LogP contribution in [0.3, 0.4) is 0 Å². The molecule has 108 valence electrons. The normalized spacial score (nSPS) is 12.2. The number of hydrogen-bond acceptors (Lipinski definition) is 6. The van der Waals surface area contributed by atoms with Gasteiger partial charge in [-0.05, 0) is 26.8 Å². The first-order valence-corrected chi connectivity index (χ1v) is 7.22. The highest BCUT2D eigenvalue weighted by Gasteiger charge is 2.14. The van der Waals surface area contributed by atoms with E-state index < -0.39 is 0 Å². The fourth-order valence-corrected chi connectivity index (χ4v) is 2.82. The Labute approximate surface area is 122 Å². The Morgan fingerprint density at radius 1 is 1.55 bits per heavy atom. The number of carbonyl (C=O) groups excluding carboxylic acids is 1. The van der Waals surface area contributed by atoms with E-state index >= 15 is 0 Å². The third kappa shape index (κ3) is 3.39. The number of aromatic nitrogens is 1. The summed E-state index contributed by atoms with van der Waals surface area (Å²) in [5.74, 6) is 1.53. The van der Waals surface area contributed by atoms with Crippen LogP contribution in [0.15, 0.2) is 15.9 Å². The third-order valence-corrected chi connectivity index (χ3v) is 3.81. The lowest BCUT2D eigenvalue weighted by atomic mass is 10.1. The average Bonchev–Trinajstić information content (AvgIpc) is 2.95. The quantitative estimate of drug-likeness (QED) is 0.858. The Hall–Kier alpha value is -1.82. The molecule has 1 N–H and O–H groups in total. The second kappa shape index (κ2) is 6.09. The Kier molecular flexibility index (Phi) is 4.44. The van der Waals surface area contributed by atoms with Gasteiger partial charge < -0.3 is 14.5 Å². The molecule has 0 amide bonds. The Balaban J connectivity index is 2.03. The molecular weight excluding hydrogens is 276 g/mol. The lowest BCUT2D eigenvalue weighted by molar-refractivity contribution is -0.139. The number of rotatable bonds is 5. The molecule has 20 heavy (non-hydrogen) atoms. The van der Waals surface area contributed by atoms with Gasteiger partial charge >= 0.3 is 5.97 Å². The molecule has 6 heteroatoms. The van der Waals surface area contributed by atoms with E-state index in [-0.39, 0.29) is 18.4 Å². The van der Waals surface area contributed by atoms with Gasteiger partial charge in [-0.2, -0.15) is 0 Å². The van der Waals surface area contributed by atoms with E-state index in [9.17, 15) is 4.79 Å². The maximum atomic E-state index is 11.2. The van der Waals surface area contributed by atoms with E-state index in [0.717, 1.165) is 27.9 Å². The summed E-state index contributed by atoms with van der Waals surface area (Å²) in [5, 5.41) is 5.97. The molecule has 0 saturated carbocycles. The highest BCUT2D eigenvalue weighted by atomic mass is 32.1. The molecule has 2 aromatic heterocycles. The van der Waals surface area contributed by atoms with Gasteiger partial charge in [0.25, 0.3) is 0 Å². The molecule has 1 atom stereocenters. The van der Waals surface area contributed by atoms with Crippen LogP contribution in [-0.2, 0) is 16.0 Å². The molecule has 1 unspecified atom stereocenters. The second-order valence-electron chi connectivity index (χ2n) is 4.63. The van der Waals surface area contributed by atoms with Gasteiger partial charge in [-0.25, -0.2) is 4.98 Å². The first-order valence-electron chi connectivity index (χ1n) is 6.34. The van der Waals surface area contributed by atoms with Crippen molar-refractivity contribution in [3.8, 4) is 0 Å². The van der Waals surface area contributed by atoms with Crippen molar-refractivity contribution in [2.24, 2.45) is 0 Å². The number of methoxy groups -OCH3 is 1. The van der Waals surface area contributed by atoms with E-state index in [1.54, 1.807) is 0 Å². The first kappa shape index (κ1) is 14.6. The fourth-order valence-electron chi connectivity index (χ4n) is 2.02. The molecule has 2 heterocycles. The molecule has 2 rings (SSSR count). The molecule has 0 aliphatic heterocycles. The van der Waals surface area contributed by atoms with Crippen molar-refractivity contribution in [1.29, 1.82) is 0 Å². The predicted octanol–water partition coefficient (Wildman–Crippen LogP) is 3.24. The molecule has 0 fully saturated rings. The van der Waals surface area contributed by atoms with Crippen LogP contribution in [0, 0.1) is 13.8 Å². The Morgan fingerprint density at radius 3 is 2.90 bits per heavy atom. The van der Waals surface area contributed by atoms with Gasteiger partial charge in [0.1, 0.15) is 11.5 Å². The van der Waals surface area contributed by atoms with E-state index in [4.69, 9.17) is 4.42 Å². The molecule has 2 aromatic rings. The summed E-state index contributed by atoms with van der Waals surface area (Å²) in [6.07, 6.45) is 0.201. The molecule has 0 aliphatic rings. The fraction of sp³-hybridized carbons (Fsp3) is 0.429.